The molecule has 0 bridgehead atoms. The van der Waals surface area contributed by atoms with Crippen molar-refractivity contribution in [1.82, 2.24) is 15.0 Å². The number of aromatic nitrogens is 3. The lowest BCUT2D eigenvalue weighted by atomic mass is 9.85. The molecule has 1 aromatic rings. The molecule has 0 amide bonds. The molecule has 2 heterocycles. The van der Waals surface area contributed by atoms with Crippen LogP contribution in [0.2, 0.25) is 5.28 Å². The molecular formula is C12H18ClN5O. The monoisotopic (exact) mass is 283 g/mol. The predicted octanol–water partition coefficient (Wildman–Crippen LogP) is 1.57. The van der Waals surface area contributed by atoms with Crippen molar-refractivity contribution in [2.24, 2.45) is 5.92 Å². The molecule has 1 aliphatic carbocycles. The quantitative estimate of drug-likeness (QED) is 0.905. The highest BCUT2D eigenvalue weighted by Gasteiger charge is 2.19. The van der Waals surface area contributed by atoms with E-state index in [1.54, 1.807) is 0 Å². The Labute approximate surface area is 117 Å². The maximum absolute atomic E-state index is 5.97. The minimum atomic E-state index is 0.243. The van der Waals surface area contributed by atoms with Crippen LogP contribution in [-0.4, -0.2) is 47.8 Å². The number of ether oxygens (including phenoxy) is 1. The summed E-state index contributed by atoms with van der Waals surface area (Å²) in [5.74, 6) is 1.97. The van der Waals surface area contributed by atoms with Crippen molar-refractivity contribution in [3.8, 4) is 0 Å². The van der Waals surface area contributed by atoms with E-state index in [0.29, 0.717) is 25.1 Å². The number of morpholine rings is 1. The Balaban J connectivity index is 1.67. The van der Waals surface area contributed by atoms with Gasteiger partial charge < -0.3 is 15.0 Å². The van der Waals surface area contributed by atoms with E-state index >= 15 is 0 Å². The third-order valence-electron chi connectivity index (χ3n) is 3.66. The third-order valence-corrected chi connectivity index (χ3v) is 3.83. The van der Waals surface area contributed by atoms with Gasteiger partial charge in [-0.05, 0) is 30.4 Å². The van der Waals surface area contributed by atoms with Crippen LogP contribution in [-0.2, 0) is 4.74 Å². The van der Waals surface area contributed by atoms with Crippen LogP contribution in [0.25, 0.3) is 0 Å². The molecule has 3 rings (SSSR count). The highest BCUT2D eigenvalue weighted by atomic mass is 35.5. The van der Waals surface area contributed by atoms with Crippen molar-refractivity contribution in [2.45, 2.75) is 19.3 Å². The van der Waals surface area contributed by atoms with Crippen LogP contribution < -0.4 is 10.2 Å². The largest absolute Gasteiger partial charge is 0.378 e. The SMILES string of the molecule is Clc1nc(NCC2CCC2)nc(N2CCOCC2)n1. The molecule has 0 aromatic carbocycles. The van der Waals surface area contributed by atoms with Crippen molar-refractivity contribution < 1.29 is 4.74 Å². The highest BCUT2D eigenvalue weighted by Crippen LogP contribution is 2.26. The summed E-state index contributed by atoms with van der Waals surface area (Å²) >= 11 is 5.97. The van der Waals surface area contributed by atoms with E-state index in [1.807, 2.05) is 0 Å². The van der Waals surface area contributed by atoms with Gasteiger partial charge in [0.1, 0.15) is 0 Å². The van der Waals surface area contributed by atoms with Crippen LogP contribution in [0, 0.1) is 5.92 Å². The molecule has 1 saturated carbocycles. The van der Waals surface area contributed by atoms with Crippen LogP contribution in [0.15, 0.2) is 0 Å². The molecule has 0 spiro atoms. The average Bonchev–Trinajstić information content (AvgIpc) is 2.37. The number of anilines is 2. The van der Waals surface area contributed by atoms with Gasteiger partial charge in [-0.1, -0.05) is 6.42 Å². The predicted molar refractivity (Wildman–Crippen MR) is 73.7 cm³/mol. The van der Waals surface area contributed by atoms with Gasteiger partial charge in [0, 0.05) is 19.6 Å². The first-order valence-corrected chi connectivity index (χ1v) is 7.17. The second-order valence-electron chi connectivity index (χ2n) is 5.01. The fraction of sp³-hybridized carbons (Fsp3) is 0.750. The van der Waals surface area contributed by atoms with E-state index in [9.17, 15) is 0 Å². The Bertz CT molecular complexity index is 434. The lowest BCUT2D eigenvalue weighted by molar-refractivity contribution is 0.122. The average molecular weight is 284 g/mol. The number of hydrogen-bond donors (Lipinski definition) is 1. The Morgan fingerprint density at radius 1 is 1.21 bits per heavy atom. The Morgan fingerprint density at radius 3 is 2.68 bits per heavy atom. The van der Waals surface area contributed by atoms with E-state index in [2.05, 4.69) is 25.2 Å². The van der Waals surface area contributed by atoms with Gasteiger partial charge >= 0.3 is 0 Å². The smallest absolute Gasteiger partial charge is 0.231 e. The van der Waals surface area contributed by atoms with E-state index in [1.165, 1.54) is 19.3 Å². The normalized spacial score (nSPS) is 20.2. The molecule has 0 unspecified atom stereocenters. The molecule has 0 radical (unpaired) electrons. The maximum Gasteiger partial charge on any atom is 0.231 e. The molecule has 6 nitrogen and oxygen atoms in total. The first-order valence-electron chi connectivity index (χ1n) is 6.79. The number of hydrogen-bond acceptors (Lipinski definition) is 6. The lowest BCUT2D eigenvalue weighted by Gasteiger charge is -2.27. The second kappa shape index (κ2) is 5.88. The molecule has 1 saturated heterocycles. The zero-order chi connectivity index (χ0) is 13.1. The second-order valence-corrected chi connectivity index (χ2v) is 5.34. The number of nitrogens with zero attached hydrogens (tertiary/aromatic N) is 4. The van der Waals surface area contributed by atoms with Crippen molar-refractivity contribution in [2.75, 3.05) is 43.1 Å². The standard InChI is InChI=1S/C12H18ClN5O/c13-10-15-11(14-8-9-2-1-3-9)17-12(16-10)18-4-6-19-7-5-18/h9H,1-8H2,(H,14,15,16,17). The first-order chi connectivity index (χ1) is 9.31. The van der Waals surface area contributed by atoms with Gasteiger partial charge in [-0.15, -0.1) is 0 Å². The summed E-state index contributed by atoms with van der Waals surface area (Å²) in [7, 11) is 0. The summed E-state index contributed by atoms with van der Waals surface area (Å²) in [6.07, 6.45) is 3.92. The van der Waals surface area contributed by atoms with E-state index < -0.39 is 0 Å². The molecule has 1 aromatic heterocycles. The number of halogens is 1. The Morgan fingerprint density at radius 2 is 2.00 bits per heavy atom. The third kappa shape index (κ3) is 3.25. The molecule has 1 N–H and O–H groups in total. The molecule has 2 fully saturated rings. The van der Waals surface area contributed by atoms with Crippen molar-refractivity contribution >= 4 is 23.5 Å². The summed E-state index contributed by atoms with van der Waals surface area (Å²) in [5.41, 5.74) is 0. The van der Waals surface area contributed by atoms with Crippen LogP contribution >= 0.6 is 11.6 Å². The molecule has 1 aliphatic heterocycles. The van der Waals surface area contributed by atoms with Gasteiger partial charge in [0.2, 0.25) is 17.2 Å². The van der Waals surface area contributed by atoms with E-state index in [-0.39, 0.29) is 5.28 Å². The number of nitrogens with one attached hydrogen (secondary N) is 1. The number of rotatable bonds is 4. The van der Waals surface area contributed by atoms with Gasteiger partial charge in [-0.25, -0.2) is 0 Å². The lowest BCUT2D eigenvalue weighted by Crippen LogP contribution is -2.37. The van der Waals surface area contributed by atoms with Crippen LogP contribution in [0.3, 0.4) is 0 Å². The molecule has 104 valence electrons. The van der Waals surface area contributed by atoms with Crippen LogP contribution in [0.4, 0.5) is 11.9 Å². The minimum Gasteiger partial charge on any atom is -0.378 e. The van der Waals surface area contributed by atoms with E-state index in [0.717, 1.165) is 25.6 Å². The molecule has 0 atom stereocenters. The summed E-state index contributed by atoms with van der Waals surface area (Å²) in [6.45, 7) is 3.91. The molecule has 19 heavy (non-hydrogen) atoms. The topological polar surface area (TPSA) is 63.2 Å². The Hall–Kier alpha value is -1.14. The minimum absolute atomic E-state index is 0.243. The summed E-state index contributed by atoms with van der Waals surface area (Å²) in [5, 5.41) is 3.51. The van der Waals surface area contributed by atoms with Gasteiger partial charge in [0.25, 0.3) is 0 Å². The highest BCUT2D eigenvalue weighted by molar-refractivity contribution is 6.28. The fourth-order valence-electron chi connectivity index (χ4n) is 2.26. The van der Waals surface area contributed by atoms with Gasteiger partial charge in [0.15, 0.2) is 0 Å². The summed E-state index contributed by atoms with van der Waals surface area (Å²) in [6, 6.07) is 0. The molecular weight excluding hydrogens is 266 g/mol. The van der Waals surface area contributed by atoms with Gasteiger partial charge in [-0.2, -0.15) is 15.0 Å². The summed E-state index contributed by atoms with van der Waals surface area (Å²) in [4.78, 5) is 14.8. The zero-order valence-corrected chi connectivity index (χ0v) is 11.6. The van der Waals surface area contributed by atoms with Gasteiger partial charge in [0.05, 0.1) is 13.2 Å². The first kappa shape index (κ1) is 12.9. The fourth-order valence-corrected chi connectivity index (χ4v) is 2.41. The maximum atomic E-state index is 5.97. The molecule has 7 heteroatoms. The van der Waals surface area contributed by atoms with Gasteiger partial charge in [-0.3, -0.25) is 0 Å². The van der Waals surface area contributed by atoms with Crippen LogP contribution in [0.1, 0.15) is 19.3 Å². The van der Waals surface area contributed by atoms with Crippen LogP contribution in [0.5, 0.6) is 0 Å². The Kier molecular flexibility index (Phi) is 3.98. The van der Waals surface area contributed by atoms with E-state index in [4.69, 9.17) is 16.3 Å². The van der Waals surface area contributed by atoms with Crippen molar-refractivity contribution in [3.05, 3.63) is 5.28 Å². The summed E-state index contributed by atoms with van der Waals surface area (Å²) < 4.78 is 5.32. The molecule has 2 aliphatic rings. The van der Waals surface area contributed by atoms with Crippen molar-refractivity contribution in [3.63, 3.8) is 0 Å². The zero-order valence-electron chi connectivity index (χ0n) is 10.8. The van der Waals surface area contributed by atoms with Crippen molar-refractivity contribution in [1.29, 1.82) is 0 Å².